The third-order valence-electron chi connectivity index (χ3n) is 4.65. The Labute approximate surface area is 144 Å². The molecule has 6 nitrogen and oxygen atoms in total. The maximum atomic E-state index is 4.70. The van der Waals surface area contributed by atoms with E-state index in [-0.39, 0.29) is 5.54 Å². The Morgan fingerprint density at radius 3 is 2.62 bits per heavy atom. The summed E-state index contributed by atoms with van der Waals surface area (Å²) in [5, 5.41) is 12.2. The fourth-order valence-electron chi connectivity index (χ4n) is 3.42. The van der Waals surface area contributed by atoms with Crippen molar-refractivity contribution in [1.82, 2.24) is 19.7 Å². The minimum atomic E-state index is -0.0590. The largest absolute Gasteiger partial charge is 0.365 e. The summed E-state index contributed by atoms with van der Waals surface area (Å²) < 4.78 is 1.80. The highest BCUT2D eigenvalue weighted by atomic mass is 15.3. The van der Waals surface area contributed by atoms with Crippen LogP contribution in [-0.4, -0.2) is 31.8 Å². The molecule has 1 saturated carbocycles. The van der Waals surface area contributed by atoms with Crippen LogP contribution in [0.15, 0.2) is 6.20 Å². The van der Waals surface area contributed by atoms with Crippen LogP contribution >= 0.6 is 0 Å². The molecule has 0 radical (unpaired) electrons. The number of aryl methyl sites for hydroxylation is 1. The summed E-state index contributed by atoms with van der Waals surface area (Å²) in [6.07, 6.45) is 9.97. The van der Waals surface area contributed by atoms with Gasteiger partial charge >= 0.3 is 0 Å². The summed E-state index contributed by atoms with van der Waals surface area (Å²) in [6, 6.07) is 0. The minimum absolute atomic E-state index is 0.0590. The van der Waals surface area contributed by atoms with Crippen molar-refractivity contribution in [3.63, 3.8) is 0 Å². The molecular formula is C18H30N6. The molecule has 24 heavy (non-hydrogen) atoms. The third-order valence-corrected chi connectivity index (χ3v) is 4.65. The normalized spacial score (nSPS) is 16.5. The van der Waals surface area contributed by atoms with Gasteiger partial charge in [0.2, 0.25) is 5.95 Å². The molecular weight excluding hydrogens is 300 g/mol. The fraction of sp³-hybridized carbons (Fsp3) is 0.722. The van der Waals surface area contributed by atoms with E-state index in [1.54, 1.807) is 4.68 Å². The highest BCUT2D eigenvalue weighted by Crippen LogP contribution is 2.27. The minimum Gasteiger partial charge on any atom is -0.365 e. The Morgan fingerprint density at radius 2 is 1.92 bits per heavy atom. The van der Waals surface area contributed by atoms with E-state index in [2.05, 4.69) is 41.5 Å². The molecule has 2 N–H and O–H groups in total. The summed E-state index contributed by atoms with van der Waals surface area (Å²) in [5.41, 5.74) is 0.799. The van der Waals surface area contributed by atoms with Gasteiger partial charge < -0.3 is 10.6 Å². The van der Waals surface area contributed by atoms with Gasteiger partial charge in [-0.15, -0.1) is 0 Å². The monoisotopic (exact) mass is 330 g/mol. The van der Waals surface area contributed by atoms with Crippen molar-refractivity contribution in [3.05, 3.63) is 6.20 Å². The number of aromatic nitrogens is 4. The molecule has 0 saturated heterocycles. The van der Waals surface area contributed by atoms with Crippen molar-refractivity contribution in [1.29, 1.82) is 0 Å². The molecule has 0 amide bonds. The Kier molecular flexibility index (Phi) is 4.92. The second kappa shape index (κ2) is 6.95. The van der Waals surface area contributed by atoms with Crippen molar-refractivity contribution in [3.8, 4) is 0 Å². The molecule has 0 unspecified atom stereocenters. The molecule has 1 fully saturated rings. The molecule has 6 heteroatoms. The smallest absolute Gasteiger partial charge is 0.226 e. The second-order valence-electron chi connectivity index (χ2n) is 8.00. The summed E-state index contributed by atoms with van der Waals surface area (Å²) >= 11 is 0. The van der Waals surface area contributed by atoms with Crippen molar-refractivity contribution < 1.29 is 0 Å². The van der Waals surface area contributed by atoms with Gasteiger partial charge in [-0.05, 0) is 33.1 Å². The van der Waals surface area contributed by atoms with Gasteiger partial charge in [-0.25, -0.2) is 0 Å². The number of anilines is 2. The molecule has 2 aromatic rings. The Balaban J connectivity index is 1.73. The first-order chi connectivity index (χ1) is 11.4. The van der Waals surface area contributed by atoms with E-state index < -0.39 is 0 Å². The zero-order chi connectivity index (χ0) is 17.2. The van der Waals surface area contributed by atoms with Crippen LogP contribution in [0.3, 0.4) is 0 Å². The summed E-state index contributed by atoms with van der Waals surface area (Å²) in [4.78, 5) is 9.34. The zero-order valence-corrected chi connectivity index (χ0v) is 15.4. The number of hydrogen-bond donors (Lipinski definition) is 2. The molecule has 1 aliphatic rings. The number of nitrogens with one attached hydrogen (secondary N) is 2. The Hall–Kier alpha value is -1.85. The highest BCUT2D eigenvalue weighted by molar-refractivity contribution is 5.87. The first kappa shape index (κ1) is 17.0. The third kappa shape index (κ3) is 4.16. The Morgan fingerprint density at radius 1 is 1.17 bits per heavy atom. The van der Waals surface area contributed by atoms with E-state index in [1.165, 1.54) is 38.5 Å². The van der Waals surface area contributed by atoms with Gasteiger partial charge in [-0.3, -0.25) is 4.68 Å². The second-order valence-corrected chi connectivity index (χ2v) is 8.00. The van der Waals surface area contributed by atoms with Crippen LogP contribution in [0, 0.1) is 5.92 Å². The molecule has 0 aliphatic heterocycles. The topological polar surface area (TPSA) is 67.7 Å². The fourth-order valence-corrected chi connectivity index (χ4v) is 3.42. The molecule has 0 atom stereocenters. The lowest BCUT2D eigenvalue weighted by molar-refractivity contribution is 0.345. The molecule has 0 bridgehead atoms. The number of hydrogen-bond acceptors (Lipinski definition) is 5. The molecule has 2 heterocycles. The number of nitrogens with zero attached hydrogens (tertiary/aromatic N) is 4. The van der Waals surface area contributed by atoms with Crippen LogP contribution in [0.2, 0.25) is 0 Å². The number of fused-ring (bicyclic) bond motifs is 1. The van der Waals surface area contributed by atoms with Crippen LogP contribution in [0.1, 0.15) is 59.3 Å². The van der Waals surface area contributed by atoms with Crippen molar-refractivity contribution in [2.45, 2.75) is 64.8 Å². The average Bonchev–Trinajstić information content (AvgIpc) is 2.89. The van der Waals surface area contributed by atoms with Gasteiger partial charge in [0.25, 0.3) is 0 Å². The van der Waals surface area contributed by atoms with Crippen LogP contribution in [-0.2, 0) is 7.05 Å². The van der Waals surface area contributed by atoms with Crippen LogP contribution < -0.4 is 10.6 Å². The van der Waals surface area contributed by atoms with E-state index in [0.717, 1.165) is 29.3 Å². The predicted molar refractivity (Wildman–Crippen MR) is 99.4 cm³/mol. The number of rotatable bonds is 5. The Bertz CT molecular complexity index is 679. The lowest BCUT2D eigenvalue weighted by Gasteiger charge is -2.23. The van der Waals surface area contributed by atoms with Gasteiger partial charge in [0.1, 0.15) is 5.82 Å². The predicted octanol–water partition coefficient (Wildman–Crippen LogP) is 3.96. The lowest BCUT2D eigenvalue weighted by atomic mass is 9.87. The molecule has 3 rings (SSSR count). The summed E-state index contributed by atoms with van der Waals surface area (Å²) in [7, 11) is 1.92. The first-order valence-corrected chi connectivity index (χ1v) is 9.14. The van der Waals surface area contributed by atoms with Crippen LogP contribution in [0.5, 0.6) is 0 Å². The van der Waals surface area contributed by atoms with Crippen molar-refractivity contribution in [2.75, 3.05) is 17.2 Å². The molecule has 0 spiro atoms. The first-order valence-electron chi connectivity index (χ1n) is 9.14. The van der Waals surface area contributed by atoms with E-state index in [0.29, 0.717) is 5.95 Å². The van der Waals surface area contributed by atoms with E-state index in [4.69, 9.17) is 4.98 Å². The maximum Gasteiger partial charge on any atom is 0.226 e. The SMILES string of the molecule is Cn1ncc2c(NC(C)(C)C)nc(NCCC3CCCCC3)nc21. The highest BCUT2D eigenvalue weighted by Gasteiger charge is 2.17. The van der Waals surface area contributed by atoms with Gasteiger partial charge in [0, 0.05) is 19.1 Å². The van der Waals surface area contributed by atoms with Crippen LogP contribution in [0.25, 0.3) is 11.0 Å². The average molecular weight is 330 g/mol. The zero-order valence-electron chi connectivity index (χ0n) is 15.4. The van der Waals surface area contributed by atoms with Crippen molar-refractivity contribution in [2.24, 2.45) is 13.0 Å². The van der Waals surface area contributed by atoms with E-state index in [9.17, 15) is 0 Å². The van der Waals surface area contributed by atoms with Gasteiger partial charge in [0.15, 0.2) is 5.65 Å². The van der Waals surface area contributed by atoms with Crippen LogP contribution in [0.4, 0.5) is 11.8 Å². The van der Waals surface area contributed by atoms with Gasteiger partial charge in [0.05, 0.1) is 11.6 Å². The lowest BCUT2D eigenvalue weighted by Crippen LogP contribution is -2.27. The summed E-state index contributed by atoms with van der Waals surface area (Å²) in [6.45, 7) is 7.33. The molecule has 132 valence electrons. The van der Waals surface area contributed by atoms with E-state index >= 15 is 0 Å². The van der Waals surface area contributed by atoms with Gasteiger partial charge in [-0.2, -0.15) is 15.1 Å². The standard InChI is InChI=1S/C18H30N6/c1-18(2,3)23-15-14-12-20-24(4)16(14)22-17(21-15)19-11-10-13-8-6-5-7-9-13/h12-13H,5-11H2,1-4H3,(H2,19,21,22,23). The van der Waals surface area contributed by atoms with Crippen molar-refractivity contribution >= 4 is 22.8 Å². The molecule has 1 aliphatic carbocycles. The van der Waals surface area contributed by atoms with E-state index in [1.807, 2.05) is 13.2 Å². The molecule has 0 aromatic carbocycles. The quantitative estimate of drug-likeness (QED) is 0.868. The summed E-state index contributed by atoms with van der Waals surface area (Å²) in [5.74, 6) is 2.40. The van der Waals surface area contributed by atoms with Gasteiger partial charge in [-0.1, -0.05) is 32.1 Å². The maximum absolute atomic E-state index is 4.70. The molecule has 2 aromatic heterocycles.